The lowest BCUT2D eigenvalue weighted by Gasteiger charge is -2.21. The van der Waals surface area contributed by atoms with Crippen LogP contribution in [0.1, 0.15) is 23.3 Å². The van der Waals surface area contributed by atoms with Crippen LogP contribution >= 0.6 is 11.3 Å². The van der Waals surface area contributed by atoms with Gasteiger partial charge in [-0.05, 0) is 24.3 Å². The van der Waals surface area contributed by atoms with Gasteiger partial charge in [0.2, 0.25) is 5.91 Å². The fourth-order valence-corrected chi connectivity index (χ4v) is 3.74. The molecule has 23 heavy (non-hydrogen) atoms. The number of rotatable bonds is 5. The van der Waals surface area contributed by atoms with E-state index in [9.17, 15) is 4.79 Å². The fourth-order valence-electron chi connectivity index (χ4n) is 3.03. The Labute approximate surface area is 141 Å². The summed E-state index contributed by atoms with van der Waals surface area (Å²) in [5.74, 6) is 0.293. The fraction of sp³-hybridized carbons (Fsp3) is 0.529. The molecule has 0 N–H and O–H groups in total. The number of thiophene rings is 1. The molecule has 1 saturated heterocycles. The second-order valence-electron chi connectivity index (χ2n) is 6.11. The predicted molar refractivity (Wildman–Crippen MR) is 92.3 cm³/mol. The molecule has 1 aliphatic heterocycles. The van der Waals surface area contributed by atoms with Gasteiger partial charge in [-0.25, -0.2) is 0 Å². The third kappa shape index (κ3) is 4.65. The average molecular weight is 332 g/mol. The first-order valence-electron chi connectivity index (χ1n) is 8.21. The number of amides is 1. The van der Waals surface area contributed by atoms with Crippen molar-refractivity contribution in [2.75, 3.05) is 26.2 Å². The topological polar surface area (TPSA) is 41.4 Å². The summed E-state index contributed by atoms with van der Waals surface area (Å²) in [7, 11) is 1.94. The van der Waals surface area contributed by atoms with Gasteiger partial charge in [0.05, 0.1) is 6.20 Å². The van der Waals surface area contributed by atoms with E-state index in [2.05, 4.69) is 27.6 Å². The van der Waals surface area contributed by atoms with Crippen LogP contribution in [0.2, 0.25) is 0 Å². The van der Waals surface area contributed by atoms with E-state index >= 15 is 0 Å². The Bertz CT molecular complexity index is 622. The lowest BCUT2D eigenvalue weighted by atomic mass is 10.2. The second-order valence-corrected chi connectivity index (χ2v) is 7.14. The van der Waals surface area contributed by atoms with Crippen LogP contribution in [-0.2, 0) is 24.8 Å². The summed E-state index contributed by atoms with van der Waals surface area (Å²) >= 11 is 1.73. The maximum atomic E-state index is 12.4. The van der Waals surface area contributed by atoms with Crippen LogP contribution in [0.3, 0.4) is 0 Å². The first kappa shape index (κ1) is 16.2. The first-order valence-corrected chi connectivity index (χ1v) is 9.09. The summed E-state index contributed by atoms with van der Waals surface area (Å²) in [5.41, 5.74) is 1.24. The Balaban J connectivity index is 1.46. The van der Waals surface area contributed by atoms with Crippen molar-refractivity contribution >= 4 is 17.2 Å². The van der Waals surface area contributed by atoms with Gasteiger partial charge in [0, 0.05) is 62.8 Å². The Morgan fingerprint density at radius 1 is 1.30 bits per heavy atom. The van der Waals surface area contributed by atoms with Gasteiger partial charge in [0.25, 0.3) is 0 Å². The highest BCUT2D eigenvalue weighted by Gasteiger charge is 2.19. The molecule has 3 rings (SSSR count). The molecule has 2 aromatic rings. The van der Waals surface area contributed by atoms with Crippen molar-refractivity contribution in [3.8, 4) is 0 Å². The maximum absolute atomic E-state index is 12.4. The standard InChI is InChI=1S/C17H24N4OS/c1-19-13-15(12-18-19)14-20-7-3-8-21(10-9-20)17(22)6-5-16-4-2-11-23-16/h2,4,11-13H,3,5-10,14H2,1H3. The van der Waals surface area contributed by atoms with Crippen molar-refractivity contribution in [3.05, 3.63) is 40.3 Å². The summed E-state index contributed by atoms with van der Waals surface area (Å²) in [4.78, 5) is 18.2. The Morgan fingerprint density at radius 3 is 2.96 bits per heavy atom. The minimum absolute atomic E-state index is 0.293. The molecule has 1 amide bonds. The zero-order valence-corrected chi connectivity index (χ0v) is 14.5. The highest BCUT2D eigenvalue weighted by molar-refractivity contribution is 7.09. The number of hydrogen-bond donors (Lipinski definition) is 0. The van der Waals surface area contributed by atoms with E-state index in [0.717, 1.165) is 45.6 Å². The zero-order chi connectivity index (χ0) is 16.1. The Kier molecular flexibility index (Phi) is 5.46. The van der Waals surface area contributed by atoms with E-state index in [1.165, 1.54) is 10.4 Å². The van der Waals surface area contributed by atoms with Crippen molar-refractivity contribution in [1.29, 1.82) is 0 Å². The van der Waals surface area contributed by atoms with Gasteiger partial charge in [0.15, 0.2) is 0 Å². The SMILES string of the molecule is Cn1cc(CN2CCCN(C(=O)CCc3cccs3)CC2)cn1. The molecule has 1 fully saturated rings. The van der Waals surface area contributed by atoms with Gasteiger partial charge in [-0.3, -0.25) is 14.4 Å². The molecule has 0 aliphatic carbocycles. The van der Waals surface area contributed by atoms with Crippen molar-refractivity contribution < 1.29 is 4.79 Å². The number of aromatic nitrogens is 2. The van der Waals surface area contributed by atoms with E-state index in [0.29, 0.717) is 12.3 Å². The number of aryl methyl sites for hydroxylation is 2. The molecule has 5 nitrogen and oxygen atoms in total. The van der Waals surface area contributed by atoms with Crippen LogP contribution in [0.5, 0.6) is 0 Å². The maximum Gasteiger partial charge on any atom is 0.222 e. The van der Waals surface area contributed by atoms with Crippen LogP contribution in [0.15, 0.2) is 29.9 Å². The normalized spacial score (nSPS) is 16.5. The molecule has 6 heteroatoms. The van der Waals surface area contributed by atoms with Crippen molar-refractivity contribution in [2.24, 2.45) is 7.05 Å². The van der Waals surface area contributed by atoms with Gasteiger partial charge >= 0.3 is 0 Å². The number of carbonyl (C=O) groups excluding carboxylic acids is 1. The predicted octanol–water partition coefficient (Wildman–Crippen LogP) is 2.15. The van der Waals surface area contributed by atoms with Crippen LogP contribution in [0.4, 0.5) is 0 Å². The minimum atomic E-state index is 0.293. The van der Waals surface area contributed by atoms with Crippen LogP contribution in [0.25, 0.3) is 0 Å². The Morgan fingerprint density at radius 2 is 2.22 bits per heavy atom. The molecule has 124 valence electrons. The molecule has 0 atom stereocenters. The highest BCUT2D eigenvalue weighted by atomic mass is 32.1. The van der Waals surface area contributed by atoms with Crippen LogP contribution in [0, 0.1) is 0 Å². The van der Waals surface area contributed by atoms with Crippen molar-refractivity contribution in [3.63, 3.8) is 0 Å². The summed E-state index contributed by atoms with van der Waals surface area (Å²) in [5, 5.41) is 6.30. The smallest absolute Gasteiger partial charge is 0.222 e. The molecule has 0 spiro atoms. The summed E-state index contributed by atoms with van der Waals surface area (Å²) in [6, 6.07) is 4.16. The third-order valence-corrected chi connectivity index (χ3v) is 5.21. The van der Waals surface area contributed by atoms with Gasteiger partial charge in [0.1, 0.15) is 0 Å². The quantitative estimate of drug-likeness (QED) is 0.842. The van der Waals surface area contributed by atoms with E-state index in [1.54, 1.807) is 11.3 Å². The van der Waals surface area contributed by atoms with Gasteiger partial charge < -0.3 is 4.90 Å². The molecule has 0 unspecified atom stereocenters. The first-order chi connectivity index (χ1) is 11.2. The van der Waals surface area contributed by atoms with Crippen molar-refractivity contribution in [2.45, 2.75) is 25.8 Å². The zero-order valence-electron chi connectivity index (χ0n) is 13.6. The summed E-state index contributed by atoms with van der Waals surface area (Å²) < 4.78 is 1.84. The third-order valence-electron chi connectivity index (χ3n) is 4.27. The molecule has 2 aromatic heterocycles. The lowest BCUT2D eigenvalue weighted by Crippen LogP contribution is -2.35. The van der Waals surface area contributed by atoms with E-state index in [-0.39, 0.29) is 0 Å². The number of carbonyl (C=O) groups is 1. The largest absolute Gasteiger partial charge is 0.341 e. The molecule has 3 heterocycles. The molecule has 0 bridgehead atoms. The lowest BCUT2D eigenvalue weighted by molar-refractivity contribution is -0.131. The van der Waals surface area contributed by atoms with Crippen molar-refractivity contribution in [1.82, 2.24) is 19.6 Å². The molecule has 0 saturated carbocycles. The molecular formula is C17H24N4OS. The number of hydrogen-bond acceptors (Lipinski definition) is 4. The minimum Gasteiger partial charge on any atom is -0.341 e. The molecular weight excluding hydrogens is 308 g/mol. The van der Waals surface area contributed by atoms with Crippen LogP contribution < -0.4 is 0 Å². The van der Waals surface area contributed by atoms with Gasteiger partial charge in [-0.2, -0.15) is 5.10 Å². The van der Waals surface area contributed by atoms with Gasteiger partial charge in [-0.15, -0.1) is 11.3 Å². The highest BCUT2D eigenvalue weighted by Crippen LogP contribution is 2.13. The molecule has 0 aromatic carbocycles. The van der Waals surface area contributed by atoms with E-state index in [1.807, 2.05) is 28.9 Å². The second kappa shape index (κ2) is 7.75. The van der Waals surface area contributed by atoms with Gasteiger partial charge in [-0.1, -0.05) is 6.07 Å². The van der Waals surface area contributed by atoms with Crippen LogP contribution in [-0.4, -0.2) is 51.7 Å². The molecule has 1 aliphatic rings. The summed E-state index contributed by atoms with van der Waals surface area (Å²) in [6.07, 6.45) is 6.53. The average Bonchev–Trinajstić information content (AvgIpc) is 3.13. The Hall–Kier alpha value is -1.66. The summed E-state index contributed by atoms with van der Waals surface area (Å²) in [6.45, 7) is 4.63. The number of nitrogens with zero attached hydrogens (tertiary/aromatic N) is 4. The van der Waals surface area contributed by atoms with E-state index in [4.69, 9.17) is 0 Å². The monoisotopic (exact) mass is 332 g/mol. The molecule has 0 radical (unpaired) electrons. The van der Waals surface area contributed by atoms with E-state index < -0.39 is 0 Å².